The molecule has 2 unspecified atom stereocenters. The minimum Gasteiger partial charge on any atom is -0.492 e. The van der Waals surface area contributed by atoms with Crippen molar-refractivity contribution in [2.45, 2.75) is 26.2 Å². The molecule has 0 amide bonds. The zero-order valence-corrected chi connectivity index (χ0v) is 10.9. The fraction of sp³-hybridized carbons (Fsp3) is 0.533. The van der Waals surface area contributed by atoms with Gasteiger partial charge in [-0.25, -0.2) is 0 Å². The van der Waals surface area contributed by atoms with Crippen LogP contribution in [0.4, 0.5) is 0 Å². The van der Waals surface area contributed by atoms with Gasteiger partial charge in [0, 0.05) is 0 Å². The number of aryl methyl sites for hydroxylation is 1. The highest BCUT2D eigenvalue weighted by atomic mass is 16.5. The minimum absolute atomic E-state index is 0.544. The molecule has 2 atom stereocenters. The van der Waals surface area contributed by atoms with Gasteiger partial charge >= 0.3 is 0 Å². The van der Waals surface area contributed by atoms with Gasteiger partial charge in [0.05, 0.1) is 12.2 Å². The van der Waals surface area contributed by atoms with E-state index in [1.54, 1.807) is 0 Å². The maximum atomic E-state index is 9.08. The first-order chi connectivity index (χ1) is 8.74. The van der Waals surface area contributed by atoms with Crippen LogP contribution in [0.2, 0.25) is 0 Å². The molecule has 1 aliphatic carbocycles. The van der Waals surface area contributed by atoms with Gasteiger partial charge in [0.15, 0.2) is 0 Å². The topological polar surface area (TPSA) is 59.0 Å². The van der Waals surface area contributed by atoms with Crippen molar-refractivity contribution in [2.75, 3.05) is 13.2 Å². The van der Waals surface area contributed by atoms with Crippen LogP contribution in [0.1, 0.15) is 30.4 Å². The van der Waals surface area contributed by atoms with Crippen LogP contribution in [0.25, 0.3) is 0 Å². The Morgan fingerprint density at radius 2 is 2.17 bits per heavy atom. The summed E-state index contributed by atoms with van der Waals surface area (Å²) in [5.41, 5.74) is 7.47. The molecule has 1 fully saturated rings. The van der Waals surface area contributed by atoms with E-state index in [1.165, 1.54) is 19.3 Å². The van der Waals surface area contributed by atoms with E-state index < -0.39 is 0 Å². The molecule has 1 saturated carbocycles. The van der Waals surface area contributed by atoms with E-state index in [1.807, 2.05) is 25.1 Å². The van der Waals surface area contributed by atoms with E-state index in [4.69, 9.17) is 15.7 Å². The van der Waals surface area contributed by atoms with Gasteiger partial charge in [0.2, 0.25) is 0 Å². The lowest BCUT2D eigenvalue weighted by Crippen LogP contribution is -2.23. The summed E-state index contributed by atoms with van der Waals surface area (Å²) in [4.78, 5) is 0. The van der Waals surface area contributed by atoms with E-state index in [9.17, 15) is 0 Å². The van der Waals surface area contributed by atoms with Gasteiger partial charge in [-0.2, -0.15) is 5.26 Å². The third-order valence-corrected chi connectivity index (χ3v) is 3.83. The van der Waals surface area contributed by atoms with Crippen molar-refractivity contribution < 1.29 is 4.74 Å². The standard InChI is InChI=1S/C15H20N2O/c1-11-5-6-15(14(7-11)9-17)18-10-13-4-2-3-12(13)8-16/h5-7,12-13H,2-4,8,10,16H2,1H3. The van der Waals surface area contributed by atoms with Gasteiger partial charge < -0.3 is 10.5 Å². The Labute approximate surface area is 109 Å². The predicted molar refractivity (Wildman–Crippen MR) is 71.3 cm³/mol. The van der Waals surface area contributed by atoms with Gasteiger partial charge in [-0.3, -0.25) is 0 Å². The van der Waals surface area contributed by atoms with E-state index in [-0.39, 0.29) is 0 Å². The molecule has 3 heteroatoms. The van der Waals surface area contributed by atoms with Crippen molar-refractivity contribution in [1.82, 2.24) is 0 Å². The molecular weight excluding hydrogens is 224 g/mol. The van der Waals surface area contributed by atoms with Crippen LogP contribution >= 0.6 is 0 Å². The van der Waals surface area contributed by atoms with Gasteiger partial charge in [-0.15, -0.1) is 0 Å². The quantitative estimate of drug-likeness (QED) is 0.885. The van der Waals surface area contributed by atoms with Crippen molar-refractivity contribution in [2.24, 2.45) is 17.6 Å². The van der Waals surface area contributed by atoms with Crippen LogP contribution in [0, 0.1) is 30.1 Å². The summed E-state index contributed by atoms with van der Waals surface area (Å²) in [6.07, 6.45) is 3.65. The molecule has 2 N–H and O–H groups in total. The second-order valence-electron chi connectivity index (χ2n) is 5.11. The molecular formula is C15H20N2O. The highest BCUT2D eigenvalue weighted by Crippen LogP contribution is 2.31. The molecule has 1 aromatic carbocycles. The molecule has 18 heavy (non-hydrogen) atoms. The summed E-state index contributed by atoms with van der Waals surface area (Å²) in [7, 11) is 0. The number of ether oxygens (including phenoxy) is 1. The fourth-order valence-electron chi connectivity index (χ4n) is 2.70. The van der Waals surface area contributed by atoms with Gasteiger partial charge in [-0.05, 0) is 55.8 Å². The molecule has 0 aromatic heterocycles. The Balaban J connectivity index is 2.00. The number of rotatable bonds is 4. The van der Waals surface area contributed by atoms with E-state index >= 15 is 0 Å². The van der Waals surface area contributed by atoms with Crippen molar-refractivity contribution in [3.63, 3.8) is 0 Å². The lowest BCUT2D eigenvalue weighted by atomic mass is 9.97. The summed E-state index contributed by atoms with van der Waals surface area (Å²) < 4.78 is 5.82. The monoisotopic (exact) mass is 244 g/mol. The number of benzene rings is 1. The second kappa shape index (κ2) is 5.88. The number of nitrogens with zero attached hydrogens (tertiary/aromatic N) is 1. The van der Waals surface area contributed by atoms with Crippen molar-refractivity contribution >= 4 is 0 Å². The van der Waals surface area contributed by atoms with Gasteiger partial charge in [0.1, 0.15) is 11.8 Å². The molecule has 1 aromatic rings. The summed E-state index contributed by atoms with van der Waals surface area (Å²) in [6, 6.07) is 7.92. The molecule has 0 spiro atoms. The van der Waals surface area contributed by atoms with Crippen LogP contribution < -0.4 is 10.5 Å². The first kappa shape index (κ1) is 12.9. The average Bonchev–Trinajstić information content (AvgIpc) is 2.84. The number of nitriles is 1. The molecule has 0 heterocycles. The molecule has 0 saturated heterocycles. The summed E-state index contributed by atoms with van der Waals surface area (Å²) in [5, 5.41) is 9.08. The molecule has 1 aliphatic rings. The Hall–Kier alpha value is -1.53. The zero-order chi connectivity index (χ0) is 13.0. The van der Waals surface area contributed by atoms with Crippen molar-refractivity contribution in [1.29, 1.82) is 5.26 Å². The highest BCUT2D eigenvalue weighted by molar-refractivity contribution is 5.45. The smallest absolute Gasteiger partial charge is 0.137 e. The molecule has 0 bridgehead atoms. The van der Waals surface area contributed by atoms with Gasteiger partial charge in [0.25, 0.3) is 0 Å². The maximum absolute atomic E-state index is 9.08. The Morgan fingerprint density at radius 1 is 1.39 bits per heavy atom. The average molecular weight is 244 g/mol. The number of hydrogen-bond donors (Lipinski definition) is 1. The molecule has 3 nitrogen and oxygen atoms in total. The van der Waals surface area contributed by atoms with Crippen LogP contribution in [0.15, 0.2) is 18.2 Å². The number of nitrogens with two attached hydrogens (primary N) is 1. The summed E-state index contributed by atoms with van der Waals surface area (Å²) in [6.45, 7) is 3.40. The third-order valence-electron chi connectivity index (χ3n) is 3.83. The molecule has 2 rings (SSSR count). The maximum Gasteiger partial charge on any atom is 0.137 e. The Bertz CT molecular complexity index is 450. The fourth-order valence-corrected chi connectivity index (χ4v) is 2.70. The van der Waals surface area contributed by atoms with E-state index in [0.29, 0.717) is 29.8 Å². The molecule has 96 valence electrons. The van der Waals surface area contributed by atoms with Crippen LogP contribution in [0.3, 0.4) is 0 Å². The number of hydrogen-bond acceptors (Lipinski definition) is 3. The normalized spacial score (nSPS) is 22.7. The Morgan fingerprint density at radius 3 is 2.89 bits per heavy atom. The second-order valence-corrected chi connectivity index (χ2v) is 5.11. The first-order valence-corrected chi connectivity index (χ1v) is 6.58. The van der Waals surface area contributed by atoms with Gasteiger partial charge in [-0.1, -0.05) is 12.5 Å². The van der Waals surface area contributed by atoms with Crippen LogP contribution in [0.5, 0.6) is 5.75 Å². The first-order valence-electron chi connectivity index (χ1n) is 6.58. The minimum atomic E-state index is 0.544. The lowest BCUT2D eigenvalue weighted by molar-refractivity contribution is 0.216. The SMILES string of the molecule is Cc1ccc(OCC2CCCC2CN)c(C#N)c1. The largest absolute Gasteiger partial charge is 0.492 e. The lowest BCUT2D eigenvalue weighted by Gasteiger charge is -2.18. The van der Waals surface area contributed by atoms with Crippen LogP contribution in [-0.4, -0.2) is 13.2 Å². The van der Waals surface area contributed by atoms with E-state index in [0.717, 1.165) is 12.1 Å². The molecule has 0 aliphatic heterocycles. The summed E-state index contributed by atoms with van der Waals surface area (Å²) in [5.74, 6) is 1.83. The Kier molecular flexibility index (Phi) is 4.22. The van der Waals surface area contributed by atoms with Crippen molar-refractivity contribution in [3.8, 4) is 11.8 Å². The van der Waals surface area contributed by atoms with Crippen molar-refractivity contribution in [3.05, 3.63) is 29.3 Å². The summed E-state index contributed by atoms with van der Waals surface area (Å²) >= 11 is 0. The highest BCUT2D eigenvalue weighted by Gasteiger charge is 2.26. The van der Waals surface area contributed by atoms with E-state index in [2.05, 4.69) is 6.07 Å². The van der Waals surface area contributed by atoms with Crippen LogP contribution in [-0.2, 0) is 0 Å². The predicted octanol–water partition coefficient (Wildman–Crippen LogP) is 2.62. The molecule has 0 radical (unpaired) electrons. The third kappa shape index (κ3) is 2.83. The zero-order valence-electron chi connectivity index (χ0n) is 10.9.